The van der Waals surface area contributed by atoms with Gasteiger partial charge in [0.1, 0.15) is 17.6 Å². The number of ether oxygens (including phenoxy) is 1. The summed E-state index contributed by atoms with van der Waals surface area (Å²) >= 11 is 0. The standard InChI is InChI=1S/C23H22F2N4O/c1-30-22-5-4-17(11-21(22)25)23-19(16-2-3-18(12-26)20(24)10-16)14-29(28-23)13-15-6-8-27-9-7-15/h2-5,10-11,14-15,27H,6-9,13H2,1H3. The predicted molar refractivity (Wildman–Crippen MR) is 110 cm³/mol. The summed E-state index contributed by atoms with van der Waals surface area (Å²) in [5.41, 5.74) is 2.41. The average molecular weight is 408 g/mol. The zero-order valence-corrected chi connectivity index (χ0v) is 16.7. The number of halogens is 2. The van der Waals surface area contributed by atoms with Crippen molar-refractivity contribution in [2.24, 2.45) is 5.92 Å². The van der Waals surface area contributed by atoms with Crippen LogP contribution in [0.1, 0.15) is 18.4 Å². The summed E-state index contributed by atoms with van der Waals surface area (Å²) in [5.74, 6) is -0.427. The van der Waals surface area contributed by atoms with E-state index in [1.54, 1.807) is 18.2 Å². The molecule has 0 aliphatic carbocycles. The van der Waals surface area contributed by atoms with Gasteiger partial charge in [-0.3, -0.25) is 4.68 Å². The summed E-state index contributed by atoms with van der Waals surface area (Å²) in [7, 11) is 1.41. The molecule has 2 aromatic carbocycles. The van der Waals surface area contributed by atoms with Crippen molar-refractivity contribution in [3.8, 4) is 34.2 Å². The van der Waals surface area contributed by atoms with E-state index in [1.807, 2.05) is 16.9 Å². The number of aromatic nitrogens is 2. The van der Waals surface area contributed by atoms with E-state index in [0.29, 0.717) is 28.3 Å². The Morgan fingerprint density at radius 2 is 1.87 bits per heavy atom. The molecule has 0 spiro atoms. The van der Waals surface area contributed by atoms with Crippen molar-refractivity contribution in [3.63, 3.8) is 0 Å². The highest BCUT2D eigenvalue weighted by Crippen LogP contribution is 2.34. The Kier molecular flexibility index (Phi) is 5.77. The molecule has 154 valence electrons. The van der Waals surface area contributed by atoms with Crippen molar-refractivity contribution in [2.45, 2.75) is 19.4 Å². The van der Waals surface area contributed by atoms with Gasteiger partial charge in [0.05, 0.1) is 12.7 Å². The molecule has 5 nitrogen and oxygen atoms in total. The van der Waals surface area contributed by atoms with E-state index in [-0.39, 0.29) is 11.3 Å². The zero-order valence-electron chi connectivity index (χ0n) is 16.7. The van der Waals surface area contributed by atoms with Crippen LogP contribution >= 0.6 is 0 Å². The molecule has 1 N–H and O–H groups in total. The maximum Gasteiger partial charge on any atom is 0.165 e. The van der Waals surface area contributed by atoms with E-state index < -0.39 is 11.6 Å². The Hall–Kier alpha value is -3.24. The number of rotatable bonds is 5. The molecule has 1 saturated heterocycles. The topological polar surface area (TPSA) is 62.9 Å². The highest BCUT2D eigenvalue weighted by Gasteiger charge is 2.19. The molecule has 1 aromatic heterocycles. The summed E-state index contributed by atoms with van der Waals surface area (Å²) in [6.07, 6.45) is 4.00. The van der Waals surface area contributed by atoms with Gasteiger partial charge >= 0.3 is 0 Å². The van der Waals surface area contributed by atoms with Crippen LogP contribution in [0, 0.1) is 28.9 Å². The maximum absolute atomic E-state index is 14.4. The van der Waals surface area contributed by atoms with Crippen LogP contribution in [-0.4, -0.2) is 30.0 Å². The first-order valence-electron chi connectivity index (χ1n) is 9.91. The first kappa shape index (κ1) is 20.0. The van der Waals surface area contributed by atoms with Gasteiger partial charge in [-0.2, -0.15) is 10.4 Å². The Labute approximate surface area is 173 Å². The molecule has 30 heavy (non-hydrogen) atoms. The average Bonchev–Trinajstić information content (AvgIpc) is 3.18. The number of nitrogens with zero attached hydrogens (tertiary/aromatic N) is 3. The number of piperidine rings is 1. The molecule has 1 aliphatic rings. The molecule has 3 aromatic rings. The Morgan fingerprint density at radius 3 is 2.53 bits per heavy atom. The van der Waals surface area contributed by atoms with Crippen LogP contribution in [0.2, 0.25) is 0 Å². The number of benzene rings is 2. The monoisotopic (exact) mass is 408 g/mol. The molecule has 0 saturated carbocycles. The normalized spacial score (nSPS) is 14.5. The minimum absolute atomic E-state index is 0.0158. The van der Waals surface area contributed by atoms with Crippen LogP contribution < -0.4 is 10.1 Å². The quantitative estimate of drug-likeness (QED) is 0.681. The highest BCUT2D eigenvalue weighted by atomic mass is 19.1. The van der Waals surface area contributed by atoms with E-state index in [0.717, 1.165) is 32.5 Å². The lowest BCUT2D eigenvalue weighted by atomic mass is 9.98. The van der Waals surface area contributed by atoms with E-state index in [9.17, 15) is 8.78 Å². The van der Waals surface area contributed by atoms with Crippen LogP contribution in [0.3, 0.4) is 0 Å². The third-order valence-electron chi connectivity index (χ3n) is 5.49. The minimum atomic E-state index is -0.590. The summed E-state index contributed by atoms with van der Waals surface area (Å²) in [5, 5.41) is 17.1. The number of nitriles is 1. The van der Waals surface area contributed by atoms with E-state index in [2.05, 4.69) is 5.32 Å². The largest absolute Gasteiger partial charge is 0.494 e. The van der Waals surface area contributed by atoms with Gasteiger partial charge in [0.2, 0.25) is 0 Å². The third kappa shape index (κ3) is 4.05. The lowest BCUT2D eigenvalue weighted by Crippen LogP contribution is -2.30. The zero-order chi connectivity index (χ0) is 21.1. The molecular formula is C23H22F2N4O. The number of nitrogens with one attached hydrogen (secondary N) is 1. The van der Waals surface area contributed by atoms with E-state index in [4.69, 9.17) is 15.1 Å². The molecule has 0 radical (unpaired) electrons. The van der Waals surface area contributed by atoms with Crippen molar-refractivity contribution in [2.75, 3.05) is 20.2 Å². The number of hydrogen-bond acceptors (Lipinski definition) is 4. The summed E-state index contributed by atoms with van der Waals surface area (Å²) in [4.78, 5) is 0. The molecule has 0 bridgehead atoms. The lowest BCUT2D eigenvalue weighted by Gasteiger charge is -2.22. The van der Waals surface area contributed by atoms with Gasteiger partial charge in [0, 0.05) is 23.9 Å². The number of methoxy groups -OCH3 is 1. The summed E-state index contributed by atoms with van der Waals surface area (Å²) < 4.78 is 35.5. The lowest BCUT2D eigenvalue weighted by molar-refractivity contribution is 0.321. The second-order valence-corrected chi connectivity index (χ2v) is 7.46. The van der Waals surface area contributed by atoms with Crippen LogP contribution in [0.25, 0.3) is 22.4 Å². The second-order valence-electron chi connectivity index (χ2n) is 7.46. The Balaban J connectivity index is 1.77. The fraction of sp³-hybridized carbons (Fsp3) is 0.304. The van der Waals surface area contributed by atoms with E-state index in [1.165, 1.54) is 25.3 Å². The number of hydrogen-bond donors (Lipinski definition) is 1. The van der Waals surface area contributed by atoms with Crippen molar-refractivity contribution >= 4 is 0 Å². The van der Waals surface area contributed by atoms with Gasteiger partial charge in [-0.25, -0.2) is 8.78 Å². The molecule has 7 heteroatoms. The molecule has 0 unspecified atom stereocenters. The third-order valence-corrected chi connectivity index (χ3v) is 5.49. The second kappa shape index (κ2) is 8.64. The predicted octanol–water partition coefficient (Wildman–Crippen LogP) is 4.38. The Bertz CT molecular complexity index is 1100. The maximum atomic E-state index is 14.4. The molecule has 4 rings (SSSR count). The van der Waals surface area contributed by atoms with Crippen LogP contribution in [-0.2, 0) is 6.54 Å². The molecule has 2 heterocycles. The molecule has 0 amide bonds. The molecule has 0 atom stereocenters. The first-order chi connectivity index (χ1) is 14.6. The molecular weight excluding hydrogens is 386 g/mol. The summed E-state index contributed by atoms with van der Waals surface area (Å²) in [6.45, 7) is 2.71. The summed E-state index contributed by atoms with van der Waals surface area (Å²) in [6, 6.07) is 11.0. The smallest absolute Gasteiger partial charge is 0.165 e. The molecule has 1 fully saturated rings. The Morgan fingerprint density at radius 1 is 1.13 bits per heavy atom. The van der Waals surface area contributed by atoms with Gasteiger partial charge in [-0.05, 0) is 67.7 Å². The minimum Gasteiger partial charge on any atom is -0.494 e. The SMILES string of the molecule is COc1ccc(-c2nn(CC3CCNCC3)cc2-c2ccc(C#N)c(F)c2)cc1F. The van der Waals surface area contributed by atoms with Gasteiger partial charge in [-0.15, -0.1) is 0 Å². The van der Waals surface area contributed by atoms with Gasteiger partial charge < -0.3 is 10.1 Å². The van der Waals surface area contributed by atoms with E-state index >= 15 is 0 Å². The van der Waals surface area contributed by atoms with Crippen molar-refractivity contribution in [1.29, 1.82) is 5.26 Å². The van der Waals surface area contributed by atoms with Crippen molar-refractivity contribution < 1.29 is 13.5 Å². The van der Waals surface area contributed by atoms with Crippen LogP contribution in [0.5, 0.6) is 5.75 Å². The van der Waals surface area contributed by atoms with Crippen molar-refractivity contribution in [3.05, 3.63) is 59.8 Å². The van der Waals surface area contributed by atoms with Gasteiger partial charge in [0.15, 0.2) is 11.6 Å². The fourth-order valence-corrected chi connectivity index (χ4v) is 3.86. The fourth-order valence-electron chi connectivity index (χ4n) is 3.86. The van der Waals surface area contributed by atoms with Crippen LogP contribution in [0.15, 0.2) is 42.6 Å². The van der Waals surface area contributed by atoms with Crippen LogP contribution in [0.4, 0.5) is 8.78 Å². The van der Waals surface area contributed by atoms with Gasteiger partial charge in [-0.1, -0.05) is 6.07 Å². The highest BCUT2D eigenvalue weighted by molar-refractivity contribution is 5.81. The van der Waals surface area contributed by atoms with Gasteiger partial charge in [0.25, 0.3) is 0 Å². The van der Waals surface area contributed by atoms with Crippen molar-refractivity contribution in [1.82, 2.24) is 15.1 Å². The molecule has 1 aliphatic heterocycles. The first-order valence-corrected chi connectivity index (χ1v) is 9.91.